The molecule has 118 valence electrons. The van der Waals surface area contributed by atoms with Crippen molar-refractivity contribution in [1.29, 1.82) is 0 Å². The maximum Gasteiger partial charge on any atom is 0.0603 e. The van der Waals surface area contributed by atoms with Gasteiger partial charge in [0, 0.05) is 39.4 Å². The first-order valence-corrected chi connectivity index (χ1v) is 8.26. The third-order valence-electron chi connectivity index (χ3n) is 4.41. The second-order valence-corrected chi connectivity index (χ2v) is 7.67. The highest BCUT2D eigenvalue weighted by atomic mass is 16.5. The van der Waals surface area contributed by atoms with Gasteiger partial charge in [-0.1, -0.05) is 20.8 Å². The maximum absolute atomic E-state index is 6.31. The van der Waals surface area contributed by atoms with Gasteiger partial charge in [0.2, 0.25) is 0 Å². The van der Waals surface area contributed by atoms with Gasteiger partial charge in [-0.15, -0.1) is 0 Å². The molecular weight excluding hydrogens is 250 g/mol. The molecule has 0 aromatic carbocycles. The first kappa shape index (κ1) is 16.2. The molecule has 2 fully saturated rings. The van der Waals surface area contributed by atoms with E-state index in [0.717, 1.165) is 25.9 Å². The lowest BCUT2D eigenvalue weighted by atomic mass is 9.94. The zero-order chi connectivity index (χ0) is 14.6. The fraction of sp³-hybridized carbons (Fsp3) is 1.00. The van der Waals surface area contributed by atoms with Crippen molar-refractivity contribution in [3.63, 3.8) is 0 Å². The van der Waals surface area contributed by atoms with Crippen molar-refractivity contribution in [3.05, 3.63) is 0 Å². The highest BCUT2D eigenvalue weighted by Crippen LogP contribution is 2.23. The van der Waals surface area contributed by atoms with Gasteiger partial charge in [0.15, 0.2) is 0 Å². The number of nitrogens with zero attached hydrogens (tertiary/aromatic N) is 2. The summed E-state index contributed by atoms with van der Waals surface area (Å²) in [6.07, 6.45) is 5.66. The molecule has 0 unspecified atom stereocenters. The van der Waals surface area contributed by atoms with Gasteiger partial charge in [-0.05, 0) is 31.1 Å². The second kappa shape index (κ2) is 7.21. The molecule has 2 rings (SSSR count). The van der Waals surface area contributed by atoms with Crippen LogP contribution in [0.4, 0.5) is 0 Å². The van der Waals surface area contributed by atoms with Crippen molar-refractivity contribution >= 4 is 0 Å². The van der Waals surface area contributed by atoms with Gasteiger partial charge in [-0.3, -0.25) is 4.90 Å². The molecule has 0 aromatic heterocycles. The summed E-state index contributed by atoms with van der Waals surface area (Å²) in [7, 11) is 0. The molecule has 0 saturated carbocycles. The molecule has 0 aliphatic carbocycles. The Morgan fingerprint density at radius 3 is 1.75 bits per heavy atom. The molecule has 0 radical (unpaired) electrons. The Morgan fingerprint density at radius 1 is 0.900 bits per heavy atom. The lowest BCUT2D eigenvalue weighted by Crippen LogP contribution is -2.44. The monoisotopic (exact) mass is 283 g/mol. The van der Waals surface area contributed by atoms with E-state index in [2.05, 4.69) is 30.6 Å². The topological polar surface area (TPSA) is 41.7 Å². The van der Waals surface area contributed by atoms with Crippen molar-refractivity contribution in [1.82, 2.24) is 9.80 Å². The lowest BCUT2D eigenvalue weighted by molar-refractivity contribution is -0.0668. The van der Waals surface area contributed by atoms with Crippen molar-refractivity contribution in [2.45, 2.75) is 58.7 Å². The summed E-state index contributed by atoms with van der Waals surface area (Å²) < 4.78 is 6.31. The van der Waals surface area contributed by atoms with Crippen molar-refractivity contribution < 1.29 is 4.74 Å². The highest BCUT2D eigenvalue weighted by Gasteiger charge is 2.26. The number of ether oxygens (including phenoxy) is 1. The third-order valence-corrected chi connectivity index (χ3v) is 4.41. The minimum absolute atomic E-state index is 0.406. The smallest absolute Gasteiger partial charge is 0.0603 e. The zero-order valence-electron chi connectivity index (χ0n) is 13.6. The van der Waals surface area contributed by atoms with Crippen molar-refractivity contribution in [2.75, 3.05) is 39.4 Å². The molecular formula is C16H33N3O. The molecule has 20 heavy (non-hydrogen) atoms. The molecule has 0 aromatic rings. The summed E-state index contributed by atoms with van der Waals surface area (Å²) in [5, 5.41) is 0. The largest absolute Gasteiger partial charge is 0.375 e. The quantitative estimate of drug-likeness (QED) is 0.855. The minimum Gasteiger partial charge on any atom is -0.375 e. The van der Waals surface area contributed by atoms with E-state index in [0.29, 0.717) is 24.3 Å². The Labute approximate surface area is 124 Å². The van der Waals surface area contributed by atoms with E-state index in [1.54, 1.807) is 0 Å². The Balaban J connectivity index is 1.65. The fourth-order valence-electron chi connectivity index (χ4n) is 3.37. The van der Waals surface area contributed by atoms with Gasteiger partial charge in [0.25, 0.3) is 0 Å². The van der Waals surface area contributed by atoms with Crippen LogP contribution in [0.15, 0.2) is 0 Å². The summed E-state index contributed by atoms with van der Waals surface area (Å²) in [5.41, 5.74) is 6.08. The third kappa shape index (κ3) is 5.32. The standard InChI is InChI=1S/C16H33N3O/c1-16(2,3)12-18-8-4-14(5-9-18)20-15-6-10-19(13-17)11-7-15/h14-15H,4-13,17H2,1-3H3. The Kier molecular flexibility index (Phi) is 5.84. The average Bonchev–Trinajstić information content (AvgIpc) is 2.40. The summed E-state index contributed by atoms with van der Waals surface area (Å²) in [5.74, 6) is 0. The van der Waals surface area contributed by atoms with E-state index in [-0.39, 0.29) is 0 Å². The van der Waals surface area contributed by atoms with Crippen LogP contribution in [0.3, 0.4) is 0 Å². The molecule has 4 heteroatoms. The number of likely N-dealkylation sites (tertiary alicyclic amines) is 2. The summed E-state index contributed by atoms with van der Waals surface area (Å²) in [6.45, 7) is 13.5. The summed E-state index contributed by atoms with van der Waals surface area (Å²) >= 11 is 0. The minimum atomic E-state index is 0.406. The van der Waals surface area contributed by atoms with Gasteiger partial charge < -0.3 is 15.4 Å². The predicted octanol–water partition coefficient (Wildman–Crippen LogP) is 1.89. The van der Waals surface area contributed by atoms with Gasteiger partial charge in [-0.25, -0.2) is 0 Å². The lowest BCUT2D eigenvalue weighted by Gasteiger charge is -2.38. The van der Waals surface area contributed by atoms with E-state index in [1.807, 2.05) is 0 Å². The van der Waals surface area contributed by atoms with Gasteiger partial charge in [-0.2, -0.15) is 0 Å². The number of nitrogens with two attached hydrogens (primary N) is 1. The van der Waals surface area contributed by atoms with Crippen LogP contribution in [0.25, 0.3) is 0 Å². The van der Waals surface area contributed by atoms with Crippen molar-refractivity contribution in [2.24, 2.45) is 11.1 Å². The van der Waals surface area contributed by atoms with Crippen LogP contribution in [0.1, 0.15) is 46.5 Å². The van der Waals surface area contributed by atoms with Crippen LogP contribution in [-0.2, 0) is 4.74 Å². The zero-order valence-corrected chi connectivity index (χ0v) is 13.6. The molecule has 2 saturated heterocycles. The molecule has 2 aliphatic rings. The van der Waals surface area contributed by atoms with Gasteiger partial charge >= 0.3 is 0 Å². The highest BCUT2D eigenvalue weighted by molar-refractivity contribution is 4.79. The Morgan fingerprint density at radius 2 is 1.35 bits per heavy atom. The van der Waals surface area contributed by atoms with Crippen molar-refractivity contribution in [3.8, 4) is 0 Å². The molecule has 0 bridgehead atoms. The van der Waals surface area contributed by atoms with Gasteiger partial charge in [0.05, 0.1) is 12.2 Å². The average molecular weight is 283 g/mol. The molecule has 0 atom stereocenters. The number of rotatable bonds is 4. The number of piperidine rings is 2. The summed E-state index contributed by atoms with van der Waals surface area (Å²) in [4.78, 5) is 4.91. The molecule has 0 amide bonds. The molecule has 2 aliphatic heterocycles. The van der Waals surface area contributed by atoms with E-state index in [4.69, 9.17) is 10.5 Å². The fourth-order valence-corrected chi connectivity index (χ4v) is 3.37. The van der Waals surface area contributed by atoms with E-state index >= 15 is 0 Å². The van der Waals surface area contributed by atoms with E-state index in [1.165, 1.54) is 32.5 Å². The second-order valence-electron chi connectivity index (χ2n) is 7.67. The van der Waals surface area contributed by atoms with Gasteiger partial charge in [0.1, 0.15) is 0 Å². The summed E-state index contributed by atoms with van der Waals surface area (Å²) in [6, 6.07) is 0. The van der Waals surface area contributed by atoms with Crippen LogP contribution in [0.2, 0.25) is 0 Å². The predicted molar refractivity (Wildman–Crippen MR) is 83.7 cm³/mol. The Hall–Kier alpha value is -0.160. The first-order valence-electron chi connectivity index (χ1n) is 8.26. The van der Waals surface area contributed by atoms with Crippen LogP contribution < -0.4 is 5.73 Å². The van der Waals surface area contributed by atoms with Crippen LogP contribution in [-0.4, -0.2) is 61.4 Å². The normalized spacial score (nSPS) is 25.2. The maximum atomic E-state index is 6.31. The first-order chi connectivity index (χ1) is 9.46. The van der Waals surface area contributed by atoms with Crippen LogP contribution in [0.5, 0.6) is 0 Å². The molecule has 4 nitrogen and oxygen atoms in total. The Bertz CT molecular complexity index is 274. The van der Waals surface area contributed by atoms with E-state index in [9.17, 15) is 0 Å². The molecule has 2 heterocycles. The van der Waals surface area contributed by atoms with Crippen LogP contribution >= 0.6 is 0 Å². The van der Waals surface area contributed by atoms with Crippen LogP contribution in [0, 0.1) is 5.41 Å². The SMILES string of the molecule is CC(C)(C)CN1CCC(OC2CCN(CN)CC2)CC1. The van der Waals surface area contributed by atoms with E-state index < -0.39 is 0 Å². The molecule has 2 N–H and O–H groups in total. The number of hydrogen-bond acceptors (Lipinski definition) is 4. The molecule has 0 spiro atoms. The number of hydrogen-bond donors (Lipinski definition) is 1.